The van der Waals surface area contributed by atoms with E-state index in [1.807, 2.05) is 31.3 Å². The molecule has 0 radical (unpaired) electrons. The molecule has 5 nitrogen and oxygen atoms in total. The third-order valence-corrected chi connectivity index (χ3v) is 3.60. The van der Waals surface area contributed by atoms with Crippen LogP contribution in [0.15, 0.2) is 47.3 Å². The van der Waals surface area contributed by atoms with E-state index in [9.17, 15) is 0 Å². The molecule has 3 rings (SSSR count). The molecule has 3 aromatic rings. The number of pyridine rings is 1. The Morgan fingerprint density at radius 3 is 2.95 bits per heavy atom. The molecule has 0 atom stereocenters. The smallest absolute Gasteiger partial charge is 0.224 e. The Balaban J connectivity index is 2.00. The Morgan fingerprint density at radius 1 is 1.19 bits per heavy atom. The summed E-state index contributed by atoms with van der Waals surface area (Å²) in [6, 6.07) is 8.05. The van der Waals surface area contributed by atoms with Crippen molar-refractivity contribution in [2.24, 2.45) is 0 Å². The number of nitrogens with zero attached hydrogens (tertiary/aromatic N) is 3. The predicted octanol–water partition coefficient (Wildman–Crippen LogP) is 3.96. The van der Waals surface area contributed by atoms with Gasteiger partial charge < -0.3 is 10.6 Å². The van der Waals surface area contributed by atoms with Crippen LogP contribution in [0.1, 0.15) is 6.92 Å². The van der Waals surface area contributed by atoms with Gasteiger partial charge in [-0.05, 0) is 40.4 Å². The van der Waals surface area contributed by atoms with Gasteiger partial charge in [0.2, 0.25) is 5.95 Å². The molecule has 0 fully saturated rings. The van der Waals surface area contributed by atoms with E-state index < -0.39 is 0 Å². The molecule has 1 aromatic carbocycles. The van der Waals surface area contributed by atoms with Crippen molar-refractivity contribution in [1.82, 2.24) is 15.0 Å². The van der Waals surface area contributed by atoms with Gasteiger partial charge in [-0.3, -0.25) is 4.98 Å². The summed E-state index contributed by atoms with van der Waals surface area (Å²) in [6.45, 7) is 2.79. The van der Waals surface area contributed by atoms with Gasteiger partial charge in [0.25, 0.3) is 0 Å². The highest BCUT2D eigenvalue weighted by atomic mass is 79.9. The molecule has 0 bridgehead atoms. The predicted molar refractivity (Wildman–Crippen MR) is 88.9 cm³/mol. The maximum atomic E-state index is 4.46. The first kappa shape index (κ1) is 13.8. The van der Waals surface area contributed by atoms with E-state index >= 15 is 0 Å². The summed E-state index contributed by atoms with van der Waals surface area (Å²) >= 11 is 3.47. The standard InChI is InChI=1S/C15H14BrN5/c1-2-18-15-19-9-12(16)14(21-15)20-13-5-3-4-10-6-7-17-8-11(10)13/h3-9H,2H2,1H3,(H2,18,19,20,21). The van der Waals surface area contributed by atoms with Crippen molar-refractivity contribution in [2.45, 2.75) is 6.92 Å². The summed E-state index contributed by atoms with van der Waals surface area (Å²) in [7, 11) is 0. The van der Waals surface area contributed by atoms with Gasteiger partial charge in [0.1, 0.15) is 5.82 Å². The van der Waals surface area contributed by atoms with E-state index in [0.29, 0.717) is 5.95 Å². The Labute approximate surface area is 131 Å². The number of aromatic nitrogens is 3. The molecule has 21 heavy (non-hydrogen) atoms. The van der Waals surface area contributed by atoms with Gasteiger partial charge in [-0.1, -0.05) is 12.1 Å². The van der Waals surface area contributed by atoms with E-state index in [1.165, 1.54) is 0 Å². The molecule has 2 heterocycles. The zero-order valence-corrected chi connectivity index (χ0v) is 13.1. The summed E-state index contributed by atoms with van der Waals surface area (Å²) in [4.78, 5) is 12.9. The minimum atomic E-state index is 0.599. The number of rotatable bonds is 4. The van der Waals surface area contributed by atoms with Crippen molar-refractivity contribution in [3.05, 3.63) is 47.3 Å². The fourth-order valence-electron chi connectivity index (χ4n) is 2.05. The summed E-state index contributed by atoms with van der Waals surface area (Å²) in [5.41, 5.74) is 0.961. The number of anilines is 3. The molecule has 106 valence electrons. The van der Waals surface area contributed by atoms with Gasteiger partial charge in [-0.25, -0.2) is 4.98 Å². The molecule has 0 aliphatic heterocycles. The summed E-state index contributed by atoms with van der Waals surface area (Å²) < 4.78 is 0.810. The highest BCUT2D eigenvalue weighted by Gasteiger charge is 2.07. The number of hydrogen-bond donors (Lipinski definition) is 2. The number of fused-ring (bicyclic) bond motifs is 1. The zero-order valence-electron chi connectivity index (χ0n) is 11.5. The molecule has 0 spiro atoms. The summed E-state index contributed by atoms with van der Waals surface area (Å²) in [6.07, 6.45) is 5.37. The first-order valence-electron chi connectivity index (χ1n) is 6.64. The quantitative estimate of drug-likeness (QED) is 0.750. The van der Waals surface area contributed by atoms with Crippen LogP contribution in [0.4, 0.5) is 17.5 Å². The van der Waals surface area contributed by atoms with E-state index in [4.69, 9.17) is 0 Å². The van der Waals surface area contributed by atoms with E-state index in [-0.39, 0.29) is 0 Å². The van der Waals surface area contributed by atoms with Crippen molar-refractivity contribution in [1.29, 1.82) is 0 Å². The van der Waals surface area contributed by atoms with Gasteiger partial charge in [0.05, 0.1) is 4.47 Å². The van der Waals surface area contributed by atoms with Gasteiger partial charge in [0.15, 0.2) is 0 Å². The molecular formula is C15H14BrN5. The van der Waals surface area contributed by atoms with E-state index in [1.54, 1.807) is 12.4 Å². The number of halogens is 1. The Morgan fingerprint density at radius 2 is 2.10 bits per heavy atom. The molecule has 2 N–H and O–H groups in total. The average Bonchev–Trinajstić information content (AvgIpc) is 2.51. The third-order valence-electron chi connectivity index (χ3n) is 3.02. The molecule has 0 unspecified atom stereocenters. The van der Waals surface area contributed by atoms with Crippen LogP contribution in [0.2, 0.25) is 0 Å². The first-order chi connectivity index (χ1) is 10.3. The van der Waals surface area contributed by atoms with Crippen molar-refractivity contribution in [2.75, 3.05) is 17.2 Å². The molecule has 0 amide bonds. The van der Waals surface area contributed by atoms with E-state index in [2.05, 4.69) is 47.6 Å². The monoisotopic (exact) mass is 343 g/mol. The van der Waals surface area contributed by atoms with Crippen LogP contribution >= 0.6 is 15.9 Å². The topological polar surface area (TPSA) is 62.7 Å². The Bertz CT molecular complexity index is 770. The highest BCUT2D eigenvalue weighted by molar-refractivity contribution is 9.10. The molecule has 0 aliphatic carbocycles. The second kappa shape index (κ2) is 6.05. The van der Waals surface area contributed by atoms with Crippen LogP contribution in [0.5, 0.6) is 0 Å². The van der Waals surface area contributed by atoms with Gasteiger partial charge in [-0.2, -0.15) is 4.98 Å². The molecule has 0 aliphatic rings. The lowest BCUT2D eigenvalue weighted by Gasteiger charge is -2.11. The lowest BCUT2D eigenvalue weighted by Crippen LogP contribution is -2.04. The minimum absolute atomic E-state index is 0.599. The normalized spacial score (nSPS) is 10.6. The second-order valence-electron chi connectivity index (χ2n) is 4.45. The largest absolute Gasteiger partial charge is 0.354 e. The number of nitrogens with one attached hydrogen (secondary N) is 2. The fourth-order valence-corrected chi connectivity index (χ4v) is 2.34. The van der Waals surface area contributed by atoms with Crippen molar-refractivity contribution >= 4 is 44.2 Å². The molecule has 0 saturated carbocycles. The third kappa shape index (κ3) is 2.95. The number of benzene rings is 1. The van der Waals surface area contributed by atoms with Crippen LogP contribution in [-0.2, 0) is 0 Å². The SMILES string of the molecule is CCNc1ncc(Br)c(Nc2cccc3ccncc23)n1. The maximum Gasteiger partial charge on any atom is 0.224 e. The van der Waals surface area contributed by atoms with Gasteiger partial charge in [-0.15, -0.1) is 0 Å². The van der Waals surface area contributed by atoms with Crippen LogP contribution in [0.3, 0.4) is 0 Å². The summed E-state index contributed by atoms with van der Waals surface area (Å²) in [5, 5.41) is 8.62. The zero-order chi connectivity index (χ0) is 14.7. The van der Waals surface area contributed by atoms with Crippen molar-refractivity contribution in [3.63, 3.8) is 0 Å². The minimum Gasteiger partial charge on any atom is -0.354 e. The average molecular weight is 344 g/mol. The molecule has 0 saturated heterocycles. The Kier molecular flexibility index (Phi) is 3.96. The first-order valence-corrected chi connectivity index (χ1v) is 7.43. The van der Waals surface area contributed by atoms with Crippen LogP contribution in [-0.4, -0.2) is 21.5 Å². The molecular weight excluding hydrogens is 330 g/mol. The molecule has 2 aromatic heterocycles. The maximum absolute atomic E-state index is 4.46. The van der Waals surface area contributed by atoms with Crippen molar-refractivity contribution < 1.29 is 0 Å². The fraction of sp³-hybridized carbons (Fsp3) is 0.133. The van der Waals surface area contributed by atoms with Gasteiger partial charge >= 0.3 is 0 Å². The van der Waals surface area contributed by atoms with Crippen LogP contribution in [0, 0.1) is 0 Å². The lowest BCUT2D eigenvalue weighted by molar-refractivity contribution is 1.08. The van der Waals surface area contributed by atoms with Gasteiger partial charge in [0, 0.05) is 36.2 Å². The van der Waals surface area contributed by atoms with Crippen LogP contribution < -0.4 is 10.6 Å². The molecule has 6 heteroatoms. The second-order valence-corrected chi connectivity index (χ2v) is 5.30. The lowest BCUT2D eigenvalue weighted by atomic mass is 10.1. The van der Waals surface area contributed by atoms with Crippen molar-refractivity contribution in [3.8, 4) is 0 Å². The number of hydrogen-bond acceptors (Lipinski definition) is 5. The van der Waals surface area contributed by atoms with E-state index in [0.717, 1.165) is 33.3 Å². The highest BCUT2D eigenvalue weighted by Crippen LogP contribution is 2.28. The Hall–Kier alpha value is -2.21. The summed E-state index contributed by atoms with van der Waals surface area (Å²) in [5.74, 6) is 1.32. The van der Waals surface area contributed by atoms with Crippen LogP contribution in [0.25, 0.3) is 10.8 Å².